The number of amides is 1. The highest BCUT2D eigenvalue weighted by Gasteiger charge is 2.32. The molecule has 7 nitrogen and oxygen atoms in total. The fourth-order valence-electron chi connectivity index (χ4n) is 2.85. The van der Waals surface area contributed by atoms with E-state index in [2.05, 4.69) is 0 Å². The van der Waals surface area contributed by atoms with Gasteiger partial charge < -0.3 is 14.4 Å². The van der Waals surface area contributed by atoms with Crippen molar-refractivity contribution >= 4 is 15.7 Å². The molecular formula is C15H20N2O5S. The van der Waals surface area contributed by atoms with Crippen LogP contribution in [0.15, 0.2) is 18.2 Å². The maximum absolute atomic E-state index is 12.9. The summed E-state index contributed by atoms with van der Waals surface area (Å²) >= 11 is 0. The topological polar surface area (TPSA) is 76.2 Å². The maximum atomic E-state index is 12.9. The van der Waals surface area contributed by atoms with E-state index in [-0.39, 0.29) is 37.3 Å². The molecule has 1 unspecified atom stereocenters. The van der Waals surface area contributed by atoms with Crippen molar-refractivity contribution in [2.24, 2.45) is 0 Å². The van der Waals surface area contributed by atoms with E-state index in [1.807, 2.05) is 31.1 Å². The normalized spacial score (nSPS) is 20.6. The van der Waals surface area contributed by atoms with Gasteiger partial charge in [-0.25, -0.2) is 8.42 Å². The van der Waals surface area contributed by atoms with Crippen LogP contribution in [0, 0.1) is 0 Å². The van der Waals surface area contributed by atoms with Crippen LogP contribution in [-0.4, -0.2) is 69.6 Å². The molecule has 0 bridgehead atoms. The van der Waals surface area contributed by atoms with Crippen LogP contribution in [-0.2, 0) is 14.6 Å². The van der Waals surface area contributed by atoms with Gasteiger partial charge in [-0.1, -0.05) is 6.07 Å². The van der Waals surface area contributed by atoms with Crippen LogP contribution in [0.4, 0.5) is 0 Å². The number of carbonyl (C=O) groups excluding carboxylic acids is 1. The summed E-state index contributed by atoms with van der Waals surface area (Å²) in [6.45, 7) is 0.676. The van der Waals surface area contributed by atoms with Gasteiger partial charge in [0.1, 0.15) is 6.04 Å². The minimum atomic E-state index is -3.01. The average Bonchev–Trinajstić information content (AvgIpc) is 2.94. The lowest BCUT2D eigenvalue weighted by atomic mass is 10.0. The molecule has 1 atom stereocenters. The van der Waals surface area contributed by atoms with Gasteiger partial charge in [0.15, 0.2) is 21.3 Å². The Kier molecular flexibility index (Phi) is 4.20. The number of nitrogens with zero attached hydrogens (tertiary/aromatic N) is 2. The van der Waals surface area contributed by atoms with Crippen molar-refractivity contribution in [3.05, 3.63) is 23.8 Å². The molecule has 2 heterocycles. The predicted molar refractivity (Wildman–Crippen MR) is 84.2 cm³/mol. The Morgan fingerprint density at radius 2 is 1.83 bits per heavy atom. The summed E-state index contributed by atoms with van der Waals surface area (Å²) in [6.07, 6.45) is 0. The summed E-state index contributed by atoms with van der Waals surface area (Å²) < 4.78 is 33.8. The first-order valence-corrected chi connectivity index (χ1v) is 9.25. The highest BCUT2D eigenvalue weighted by atomic mass is 32.2. The summed E-state index contributed by atoms with van der Waals surface area (Å²) in [5.74, 6) is 1.26. The third-order valence-corrected chi connectivity index (χ3v) is 5.73. The fraction of sp³-hybridized carbons (Fsp3) is 0.533. The zero-order chi connectivity index (χ0) is 16.6. The zero-order valence-electron chi connectivity index (χ0n) is 13.2. The van der Waals surface area contributed by atoms with Crippen molar-refractivity contribution in [2.45, 2.75) is 6.04 Å². The summed E-state index contributed by atoms with van der Waals surface area (Å²) in [7, 11) is 0.643. The van der Waals surface area contributed by atoms with Crippen molar-refractivity contribution in [1.29, 1.82) is 0 Å². The molecular weight excluding hydrogens is 320 g/mol. The quantitative estimate of drug-likeness (QED) is 0.786. The van der Waals surface area contributed by atoms with Gasteiger partial charge in [0.05, 0.1) is 11.5 Å². The van der Waals surface area contributed by atoms with E-state index in [0.717, 1.165) is 5.56 Å². The van der Waals surface area contributed by atoms with Gasteiger partial charge in [-0.05, 0) is 31.8 Å². The van der Waals surface area contributed by atoms with E-state index in [9.17, 15) is 13.2 Å². The zero-order valence-corrected chi connectivity index (χ0v) is 14.0. The molecule has 23 heavy (non-hydrogen) atoms. The molecule has 126 valence electrons. The molecule has 1 amide bonds. The number of sulfone groups is 1. The Morgan fingerprint density at radius 1 is 1.17 bits per heavy atom. The first-order valence-electron chi connectivity index (χ1n) is 7.42. The van der Waals surface area contributed by atoms with Gasteiger partial charge in [0, 0.05) is 13.1 Å². The van der Waals surface area contributed by atoms with Crippen molar-refractivity contribution in [3.63, 3.8) is 0 Å². The van der Waals surface area contributed by atoms with Crippen molar-refractivity contribution < 1.29 is 22.7 Å². The second kappa shape index (κ2) is 6.01. The molecule has 0 aliphatic carbocycles. The van der Waals surface area contributed by atoms with Crippen molar-refractivity contribution in [2.75, 3.05) is 45.5 Å². The summed E-state index contributed by atoms with van der Waals surface area (Å²) in [5, 5.41) is 0. The van der Waals surface area contributed by atoms with Crippen LogP contribution in [0.3, 0.4) is 0 Å². The molecule has 0 saturated carbocycles. The Hall–Kier alpha value is -1.80. The molecule has 0 N–H and O–H groups in total. The van der Waals surface area contributed by atoms with E-state index in [1.54, 1.807) is 11.0 Å². The average molecular weight is 340 g/mol. The first-order chi connectivity index (χ1) is 10.9. The van der Waals surface area contributed by atoms with Crippen molar-refractivity contribution in [3.8, 4) is 11.5 Å². The van der Waals surface area contributed by atoms with Gasteiger partial charge in [0.2, 0.25) is 12.7 Å². The molecule has 1 fully saturated rings. The summed E-state index contributed by atoms with van der Waals surface area (Å²) in [6, 6.07) is 4.97. The lowest BCUT2D eigenvalue weighted by Crippen LogP contribution is -2.48. The maximum Gasteiger partial charge on any atom is 0.244 e. The van der Waals surface area contributed by atoms with Crippen LogP contribution in [0.1, 0.15) is 11.6 Å². The standard InChI is InChI=1S/C15H20N2O5S/c1-16(2)14(11-3-4-12-13(9-11)22-10-21-12)15(18)17-5-7-23(19,20)8-6-17/h3-4,9,14H,5-8,10H2,1-2H3. The number of hydrogen-bond donors (Lipinski definition) is 0. The van der Waals surface area contributed by atoms with Crippen LogP contribution >= 0.6 is 0 Å². The molecule has 2 aliphatic rings. The van der Waals surface area contributed by atoms with Crippen LogP contribution in [0.2, 0.25) is 0 Å². The Balaban J connectivity index is 1.83. The van der Waals surface area contributed by atoms with Crippen LogP contribution in [0.5, 0.6) is 11.5 Å². The Morgan fingerprint density at radius 3 is 2.48 bits per heavy atom. The molecule has 0 radical (unpaired) electrons. The Bertz CT molecular complexity index is 703. The minimum Gasteiger partial charge on any atom is -0.454 e. The molecule has 1 aromatic carbocycles. The van der Waals surface area contributed by atoms with Crippen LogP contribution < -0.4 is 9.47 Å². The molecule has 1 aromatic rings. The SMILES string of the molecule is CN(C)C(C(=O)N1CCS(=O)(=O)CC1)c1ccc2c(c1)OCO2. The third kappa shape index (κ3) is 3.28. The minimum absolute atomic E-state index is 0.0278. The van der Waals surface area contributed by atoms with Gasteiger partial charge >= 0.3 is 0 Å². The number of ether oxygens (including phenoxy) is 2. The lowest BCUT2D eigenvalue weighted by Gasteiger charge is -2.33. The van der Waals surface area contributed by atoms with Crippen LogP contribution in [0.25, 0.3) is 0 Å². The number of hydrogen-bond acceptors (Lipinski definition) is 6. The monoisotopic (exact) mass is 340 g/mol. The molecule has 8 heteroatoms. The largest absolute Gasteiger partial charge is 0.454 e. The van der Waals surface area contributed by atoms with E-state index in [1.165, 1.54) is 0 Å². The molecule has 0 spiro atoms. The molecule has 3 rings (SSSR count). The van der Waals surface area contributed by atoms with E-state index >= 15 is 0 Å². The van der Waals surface area contributed by atoms with Gasteiger partial charge in [0.25, 0.3) is 0 Å². The third-order valence-electron chi connectivity index (χ3n) is 4.12. The van der Waals surface area contributed by atoms with Gasteiger partial charge in [-0.3, -0.25) is 9.69 Å². The molecule has 0 aromatic heterocycles. The second-order valence-electron chi connectivity index (χ2n) is 5.96. The number of fused-ring (bicyclic) bond motifs is 1. The lowest BCUT2D eigenvalue weighted by molar-refractivity contribution is -0.136. The highest BCUT2D eigenvalue weighted by Crippen LogP contribution is 2.35. The van der Waals surface area contributed by atoms with E-state index < -0.39 is 15.9 Å². The van der Waals surface area contributed by atoms with E-state index in [0.29, 0.717) is 11.5 Å². The van der Waals surface area contributed by atoms with E-state index in [4.69, 9.17) is 9.47 Å². The second-order valence-corrected chi connectivity index (χ2v) is 8.26. The fourth-order valence-corrected chi connectivity index (χ4v) is 4.05. The van der Waals surface area contributed by atoms with Gasteiger partial charge in [-0.15, -0.1) is 0 Å². The summed E-state index contributed by atoms with van der Waals surface area (Å²) in [4.78, 5) is 16.3. The Labute approximate surface area is 135 Å². The smallest absolute Gasteiger partial charge is 0.244 e. The number of rotatable bonds is 3. The van der Waals surface area contributed by atoms with Gasteiger partial charge in [-0.2, -0.15) is 0 Å². The first kappa shape index (κ1) is 16.1. The molecule has 2 aliphatic heterocycles. The number of carbonyl (C=O) groups is 1. The van der Waals surface area contributed by atoms with Crippen molar-refractivity contribution in [1.82, 2.24) is 9.80 Å². The number of likely N-dealkylation sites (N-methyl/N-ethyl adjacent to an activating group) is 1. The summed E-state index contributed by atoms with van der Waals surface area (Å²) in [5.41, 5.74) is 0.803. The molecule has 1 saturated heterocycles. The number of benzene rings is 1. The predicted octanol–water partition coefficient (Wildman–Crippen LogP) is 0.275. The highest BCUT2D eigenvalue weighted by molar-refractivity contribution is 7.91.